The number of amides is 1. The molecule has 2 aliphatic rings. The minimum absolute atomic E-state index is 0.0910. The number of carbonyl (C=O) groups excluding carboxylic acids is 1. The fourth-order valence-electron chi connectivity index (χ4n) is 2.47. The highest BCUT2D eigenvalue weighted by Gasteiger charge is 2.32. The van der Waals surface area contributed by atoms with Crippen molar-refractivity contribution >= 4 is 17.7 Å². The summed E-state index contributed by atoms with van der Waals surface area (Å²) in [6.07, 6.45) is 8.03. The van der Waals surface area contributed by atoms with Crippen LogP contribution >= 0.6 is 11.8 Å². The first-order valence-corrected chi connectivity index (χ1v) is 8.92. The van der Waals surface area contributed by atoms with E-state index in [9.17, 15) is 4.79 Å². The fourth-order valence-corrected chi connectivity index (χ4v) is 3.40. The number of hydrogen-bond donors (Lipinski definition) is 1. The van der Waals surface area contributed by atoms with Gasteiger partial charge in [0.05, 0.1) is 5.25 Å². The molecule has 120 valence electrons. The molecule has 2 aromatic rings. The van der Waals surface area contributed by atoms with Crippen LogP contribution in [0, 0.1) is 0 Å². The Morgan fingerprint density at radius 1 is 1.26 bits per heavy atom. The summed E-state index contributed by atoms with van der Waals surface area (Å²) >= 11 is 1.49. The third kappa shape index (κ3) is 3.24. The summed E-state index contributed by atoms with van der Waals surface area (Å²) < 4.78 is 2.18. The van der Waals surface area contributed by atoms with Gasteiger partial charge in [0, 0.05) is 30.0 Å². The molecule has 23 heavy (non-hydrogen) atoms. The lowest BCUT2D eigenvalue weighted by molar-refractivity contribution is -0.120. The van der Waals surface area contributed by atoms with Crippen molar-refractivity contribution in [2.45, 2.75) is 55.1 Å². The maximum Gasteiger partial charge on any atom is 0.233 e. The van der Waals surface area contributed by atoms with E-state index in [0.29, 0.717) is 12.1 Å². The molecule has 6 nitrogen and oxygen atoms in total. The Labute approximate surface area is 139 Å². The van der Waals surface area contributed by atoms with Crippen LogP contribution in [0.4, 0.5) is 0 Å². The molecule has 0 spiro atoms. The molecule has 0 radical (unpaired) electrons. The quantitative estimate of drug-likeness (QED) is 0.824. The monoisotopic (exact) mass is 329 g/mol. The molecule has 1 amide bonds. The molecule has 4 rings (SSSR count). The summed E-state index contributed by atoms with van der Waals surface area (Å²) in [6, 6.07) is 4.73. The lowest BCUT2D eigenvalue weighted by Gasteiger charge is -2.13. The lowest BCUT2D eigenvalue weighted by Crippen LogP contribution is -2.32. The van der Waals surface area contributed by atoms with Gasteiger partial charge in [-0.1, -0.05) is 11.8 Å². The van der Waals surface area contributed by atoms with E-state index in [2.05, 4.69) is 25.1 Å². The van der Waals surface area contributed by atoms with Crippen LogP contribution in [-0.4, -0.2) is 36.9 Å². The Balaban J connectivity index is 1.56. The number of carbonyl (C=O) groups is 1. The molecule has 2 aromatic heterocycles. The molecule has 0 bridgehead atoms. The predicted octanol–water partition coefficient (Wildman–Crippen LogP) is 2.43. The molecule has 1 N–H and O–H groups in total. The molecule has 2 saturated carbocycles. The first-order chi connectivity index (χ1) is 11.2. The summed E-state index contributed by atoms with van der Waals surface area (Å²) in [5.74, 6) is 0.959. The molecule has 2 aliphatic carbocycles. The summed E-state index contributed by atoms with van der Waals surface area (Å²) in [6.45, 7) is 1.93. The molecule has 0 saturated heterocycles. The molecular formula is C16H19N5OS. The van der Waals surface area contributed by atoms with Crippen molar-refractivity contribution in [3.63, 3.8) is 0 Å². The first kappa shape index (κ1) is 14.7. The Morgan fingerprint density at radius 3 is 2.65 bits per heavy atom. The van der Waals surface area contributed by atoms with Crippen LogP contribution in [0.15, 0.2) is 29.7 Å². The molecule has 0 unspecified atom stereocenters. The largest absolute Gasteiger partial charge is 0.352 e. The maximum absolute atomic E-state index is 12.2. The van der Waals surface area contributed by atoms with Crippen molar-refractivity contribution in [3.8, 4) is 11.4 Å². The van der Waals surface area contributed by atoms with Gasteiger partial charge in [0.2, 0.25) is 5.91 Å². The Hall–Kier alpha value is -1.89. The number of nitrogens with one attached hydrogen (secondary N) is 1. The summed E-state index contributed by atoms with van der Waals surface area (Å²) in [4.78, 5) is 16.2. The topological polar surface area (TPSA) is 72.7 Å². The molecule has 0 aromatic carbocycles. The minimum Gasteiger partial charge on any atom is -0.352 e. The van der Waals surface area contributed by atoms with Gasteiger partial charge in [0.15, 0.2) is 11.0 Å². The second-order valence-corrected chi connectivity index (χ2v) is 7.49. The zero-order chi connectivity index (χ0) is 15.8. The van der Waals surface area contributed by atoms with E-state index in [0.717, 1.165) is 42.2 Å². The average Bonchev–Trinajstić information content (AvgIpc) is 3.49. The molecule has 1 atom stereocenters. The first-order valence-electron chi connectivity index (χ1n) is 8.04. The van der Waals surface area contributed by atoms with Crippen molar-refractivity contribution in [2.24, 2.45) is 0 Å². The van der Waals surface area contributed by atoms with Gasteiger partial charge in [0.1, 0.15) is 0 Å². The average molecular weight is 329 g/mol. The van der Waals surface area contributed by atoms with Gasteiger partial charge in [-0.15, -0.1) is 10.2 Å². The highest BCUT2D eigenvalue weighted by molar-refractivity contribution is 8.00. The molecule has 7 heteroatoms. The second kappa shape index (κ2) is 5.96. The fraction of sp³-hybridized carbons (Fsp3) is 0.500. The SMILES string of the molecule is C[C@@H](Sc1nnc(-c2ccncc2)n1C1CC1)C(=O)NC1CC1. The Morgan fingerprint density at radius 2 is 2.00 bits per heavy atom. The van der Waals surface area contributed by atoms with E-state index >= 15 is 0 Å². The van der Waals surface area contributed by atoms with Crippen molar-refractivity contribution < 1.29 is 4.79 Å². The summed E-state index contributed by atoms with van der Waals surface area (Å²) in [5.41, 5.74) is 1.02. The van der Waals surface area contributed by atoms with E-state index in [-0.39, 0.29) is 11.2 Å². The lowest BCUT2D eigenvalue weighted by atomic mass is 10.2. The number of rotatable bonds is 6. The van der Waals surface area contributed by atoms with E-state index in [1.54, 1.807) is 12.4 Å². The van der Waals surface area contributed by atoms with E-state index in [1.165, 1.54) is 11.8 Å². The number of thioether (sulfide) groups is 1. The molecular weight excluding hydrogens is 310 g/mol. The Bertz CT molecular complexity index is 709. The van der Waals surface area contributed by atoms with Crippen LogP contribution in [-0.2, 0) is 4.79 Å². The second-order valence-electron chi connectivity index (χ2n) is 6.19. The number of aromatic nitrogens is 4. The third-order valence-electron chi connectivity index (χ3n) is 4.09. The van der Waals surface area contributed by atoms with Crippen LogP contribution < -0.4 is 5.32 Å². The van der Waals surface area contributed by atoms with Crippen LogP contribution in [0.3, 0.4) is 0 Å². The Kier molecular flexibility index (Phi) is 3.80. The molecule has 2 heterocycles. The van der Waals surface area contributed by atoms with Gasteiger partial charge in [-0.25, -0.2) is 0 Å². The van der Waals surface area contributed by atoms with Crippen molar-refractivity contribution in [1.82, 2.24) is 25.1 Å². The van der Waals surface area contributed by atoms with Crippen molar-refractivity contribution in [2.75, 3.05) is 0 Å². The van der Waals surface area contributed by atoms with Crippen molar-refractivity contribution in [1.29, 1.82) is 0 Å². The molecule has 0 aliphatic heterocycles. The number of pyridine rings is 1. The minimum atomic E-state index is -0.164. The zero-order valence-electron chi connectivity index (χ0n) is 13.0. The van der Waals surface area contributed by atoms with Gasteiger partial charge in [-0.3, -0.25) is 14.3 Å². The van der Waals surface area contributed by atoms with E-state index < -0.39 is 0 Å². The van der Waals surface area contributed by atoms with Crippen LogP contribution in [0.1, 0.15) is 38.6 Å². The van der Waals surface area contributed by atoms with E-state index in [1.807, 2.05) is 19.1 Å². The van der Waals surface area contributed by atoms with Gasteiger partial charge in [-0.2, -0.15) is 0 Å². The van der Waals surface area contributed by atoms with Crippen molar-refractivity contribution in [3.05, 3.63) is 24.5 Å². The maximum atomic E-state index is 12.2. The third-order valence-corrected chi connectivity index (χ3v) is 5.15. The normalized spacial score (nSPS) is 18.7. The van der Waals surface area contributed by atoms with Crippen LogP contribution in [0.2, 0.25) is 0 Å². The van der Waals surface area contributed by atoms with Crippen LogP contribution in [0.5, 0.6) is 0 Å². The van der Waals surface area contributed by atoms with Gasteiger partial charge < -0.3 is 5.32 Å². The predicted molar refractivity (Wildman–Crippen MR) is 88.0 cm³/mol. The highest BCUT2D eigenvalue weighted by atomic mass is 32.2. The summed E-state index contributed by atoms with van der Waals surface area (Å²) in [7, 11) is 0. The van der Waals surface area contributed by atoms with Gasteiger partial charge in [0.25, 0.3) is 0 Å². The molecule has 2 fully saturated rings. The highest BCUT2D eigenvalue weighted by Crippen LogP contribution is 2.41. The van der Waals surface area contributed by atoms with E-state index in [4.69, 9.17) is 0 Å². The summed E-state index contributed by atoms with van der Waals surface area (Å²) in [5, 5.41) is 12.4. The van der Waals surface area contributed by atoms with Crippen LogP contribution in [0.25, 0.3) is 11.4 Å². The van der Waals surface area contributed by atoms with Gasteiger partial charge in [-0.05, 0) is 44.7 Å². The smallest absolute Gasteiger partial charge is 0.233 e. The number of hydrogen-bond acceptors (Lipinski definition) is 5. The standard InChI is InChI=1S/C16H19N5OS/c1-10(15(22)18-12-2-3-12)23-16-20-19-14(21(16)13-4-5-13)11-6-8-17-9-7-11/h6-10,12-13H,2-5H2,1H3,(H,18,22)/t10-/m1/s1. The van der Waals surface area contributed by atoms with Gasteiger partial charge >= 0.3 is 0 Å². The zero-order valence-corrected chi connectivity index (χ0v) is 13.8. The number of nitrogens with zero attached hydrogens (tertiary/aromatic N) is 4.